The van der Waals surface area contributed by atoms with Gasteiger partial charge in [0.15, 0.2) is 0 Å². The summed E-state index contributed by atoms with van der Waals surface area (Å²) in [6.07, 6.45) is 0.976. The number of hydrogen-bond donors (Lipinski definition) is 0. The molecule has 0 aliphatic carbocycles. The summed E-state index contributed by atoms with van der Waals surface area (Å²) in [6, 6.07) is 15.4. The molecule has 5 heteroatoms. The maximum Gasteiger partial charge on any atom is 0.284 e. The molecule has 20 heavy (non-hydrogen) atoms. The van der Waals surface area contributed by atoms with Gasteiger partial charge in [0.1, 0.15) is 4.90 Å². The van der Waals surface area contributed by atoms with E-state index in [0.29, 0.717) is 10.9 Å². The van der Waals surface area contributed by atoms with Gasteiger partial charge in [-0.25, -0.2) is 0 Å². The summed E-state index contributed by atoms with van der Waals surface area (Å²) in [7, 11) is 0. The third-order valence-corrected chi connectivity index (χ3v) is 4.70. The highest BCUT2D eigenvalue weighted by Crippen LogP contribution is 2.42. The molecule has 4 nitrogen and oxygen atoms in total. The molecule has 1 heterocycles. The van der Waals surface area contributed by atoms with Crippen LogP contribution in [-0.2, 0) is 6.42 Å². The molecule has 1 aliphatic heterocycles. The van der Waals surface area contributed by atoms with Crippen LogP contribution in [0.4, 0.5) is 11.4 Å². The molecule has 0 spiro atoms. The first-order valence-electron chi connectivity index (χ1n) is 6.45. The summed E-state index contributed by atoms with van der Waals surface area (Å²) < 4.78 is 2.16. The van der Waals surface area contributed by atoms with Crippen molar-refractivity contribution in [2.75, 3.05) is 4.31 Å². The van der Waals surface area contributed by atoms with Gasteiger partial charge in [-0.3, -0.25) is 10.1 Å². The first kappa shape index (κ1) is 13.0. The Kier molecular flexibility index (Phi) is 3.36. The van der Waals surface area contributed by atoms with Crippen molar-refractivity contribution in [3.63, 3.8) is 0 Å². The molecule has 102 valence electrons. The van der Waals surface area contributed by atoms with Crippen molar-refractivity contribution in [3.05, 3.63) is 64.2 Å². The first-order valence-corrected chi connectivity index (χ1v) is 7.22. The third-order valence-electron chi connectivity index (χ3n) is 3.40. The van der Waals surface area contributed by atoms with Gasteiger partial charge in [-0.1, -0.05) is 30.3 Å². The van der Waals surface area contributed by atoms with Gasteiger partial charge in [-0.15, -0.1) is 0 Å². The molecule has 1 atom stereocenters. The molecule has 0 N–H and O–H groups in total. The molecule has 0 aromatic heterocycles. The normalized spacial score (nSPS) is 17.1. The Hall–Kier alpha value is -2.01. The van der Waals surface area contributed by atoms with Gasteiger partial charge < -0.3 is 4.31 Å². The van der Waals surface area contributed by atoms with E-state index in [0.717, 1.165) is 12.1 Å². The Labute approximate surface area is 121 Å². The van der Waals surface area contributed by atoms with Crippen LogP contribution in [0.3, 0.4) is 0 Å². The minimum absolute atomic E-state index is 0.161. The van der Waals surface area contributed by atoms with Crippen molar-refractivity contribution < 1.29 is 4.92 Å². The third kappa shape index (κ3) is 2.25. The lowest BCUT2D eigenvalue weighted by Crippen LogP contribution is -2.21. The first-order chi connectivity index (χ1) is 9.66. The van der Waals surface area contributed by atoms with Crippen LogP contribution in [0, 0.1) is 10.1 Å². The fourth-order valence-electron chi connectivity index (χ4n) is 2.47. The van der Waals surface area contributed by atoms with Crippen molar-refractivity contribution in [1.82, 2.24) is 0 Å². The Balaban J connectivity index is 1.94. The number of nitrogens with zero attached hydrogens (tertiary/aromatic N) is 2. The summed E-state index contributed by atoms with van der Waals surface area (Å²) in [4.78, 5) is 11.5. The minimum atomic E-state index is -0.324. The second-order valence-corrected chi connectivity index (χ2v) is 5.84. The van der Waals surface area contributed by atoms with Gasteiger partial charge in [0, 0.05) is 12.1 Å². The van der Waals surface area contributed by atoms with E-state index in [-0.39, 0.29) is 10.6 Å². The van der Waals surface area contributed by atoms with Crippen LogP contribution >= 0.6 is 11.9 Å². The highest BCUT2D eigenvalue weighted by molar-refractivity contribution is 8.00. The Morgan fingerprint density at radius 1 is 1.20 bits per heavy atom. The highest BCUT2D eigenvalue weighted by Gasteiger charge is 2.28. The zero-order valence-corrected chi connectivity index (χ0v) is 11.8. The molecule has 0 saturated carbocycles. The van der Waals surface area contributed by atoms with Gasteiger partial charge in [0.2, 0.25) is 0 Å². The summed E-state index contributed by atoms with van der Waals surface area (Å²) >= 11 is 1.45. The summed E-state index contributed by atoms with van der Waals surface area (Å²) in [5.74, 6) is 0. The van der Waals surface area contributed by atoms with Crippen LogP contribution in [0.5, 0.6) is 0 Å². The molecule has 2 aromatic carbocycles. The molecule has 3 rings (SSSR count). The fraction of sp³-hybridized carbons (Fsp3) is 0.200. The molecule has 0 unspecified atom stereocenters. The molecular weight excluding hydrogens is 272 g/mol. The van der Waals surface area contributed by atoms with E-state index < -0.39 is 0 Å². The van der Waals surface area contributed by atoms with Gasteiger partial charge in [0.05, 0.1) is 10.6 Å². The lowest BCUT2D eigenvalue weighted by Gasteiger charge is -2.22. The summed E-state index contributed by atoms with van der Waals surface area (Å²) in [5, 5.41) is 11.1. The standard InChI is InChI=1S/C15H14N2O2S/c1-11-10-12-6-2-3-7-13(12)16(11)20-15-9-5-4-8-14(15)17(18)19/h2-9,11H,10H2,1H3/t11-/m0/s1. The zero-order valence-electron chi connectivity index (χ0n) is 11.0. The van der Waals surface area contributed by atoms with E-state index in [2.05, 4.69) is 23.4 Å². The largest absolute Gasteiger partial charge is 0.309 e. The highest BCUT2D eigenvalue weighted by atomic mass is 32.2. The van der Waals surface area contributed by atoms with Crippen LogP contribution in [0.2, 0.25) is 0 Å². The smallest absolute Gasteiger partial charge is 0.284 e. The van der Waals surface area contributed by atoms with Gasteiger partial charge in [0.25, 0.3) is 5.69 Å². The molecule has 0 fully saturated rings. The number of nitro groups is 1. The van der Waals surface area contributed by atoms with E-state index >= 15 is 0 Å². The van der Waals surface area contributed by atoms with E-state index in [1.54, 1.807) is 18.2 Å². The van der Waals surface area contributed by atoms with Crippen molar-refractivity contribution in [2.24, 2.45) is 0 Å². The number of rotatable bonds is 3. The van der Waals surface area contributed by atoms with E-state index in [1.807, 2.05) is 18.2 Å². The zero-order chi connectivity index (χ0) is 14.1. The number of benzene rings is 2. The Morgan fingerprint density at radius 2 is 1.90 bits per heavy atom. The number of fused-ring (bicyclic) bond motifs is 1. The maximum absolute atomic E-state index is 11.1. The maximum atomic E-state index is 11.1. The monoisotopic (exact) mass is 286 g/mol. The molecule has 1 aliphatic rings. The average Bonchev–Trinajstić information content (AvgIpc) is 2.76. The predicted octanol–water partition coefficient (Wildman–Crippen LogP) is 4.05. The summed E-state index contributed by atoms with van der Waals surface area (Å²) in [6.45, 7) is 2.14. The lowest BCUT2D eigenvalue weighted by molar-refractivity contribution is -0.387. The van der Waals surface area contributed by atoms with Crippen molar-refractivity contribution in [2.45, 2.75) is 24.3 Å². The van der Waals surface area contributed by atoms with Gasteiger partial charge >= 0.3 is 0 Å². The lowest BCUT2D eigenvalue weighted by atomic mass is 10.1. The number of nitro benzene ring substituents is 1. The van der Waals surface area contributed by atoms with Crippen LogP contribution in [0.1, 0.15) is 12.5 Å². The molecule has 0 amide bonds. The SMILES string of the molecule is C[C@H]1Cc2ccccc2N1Sc1ccccc1[N+](=O)[O-]. The Morgan fingerprint density at radius 3 is 2.70 bits per heavy atom. The predicted molar refractivity (Wildman–Crippen MR) is 81.0 cm³/mol. The fourth-order valence-corrected chi connectivity index (χ4v) is 3.59. The number of anilines is 1. The molecule has 2 aromatic rings. The van der Waals surface area contributed by atoms with Gasteiger partial charge in [-0.05, 0) is 43.0 Å². The van der Waals surface area contributed by atoms with E-state index in [9.17, 15) is 10.1 Å². The number of para-hydroxylation sites is 2. The molecule has 0 radical (unpaired) electrons. The minimum Gasteiger partial charge on any atom is -0.309 e. The van der Waals surface area contributed by atoms with Crippen molar-refractivity contribution in [3.8, 4) is 0 Å². The molecule has 0 saturated heterocycles. The molecular formula is C15H14N2O2S. The van der Waals surface area contributed by atoms with Gasteiger partial charge in [-0.2, -0.15) is 0 Å². The van der Waals surface area contributed by atoms with E-state index in [4.69, 9.17) is 0 Å². The van der Waals surface area contributed by atoms with Crippen LogP contribution < -0.4 is 4.31 Å². The average molecular weight is 286 g/mol. The number of hydrogen-bond acceptors (Lipinski definition) is 4. The van der Waals surface area contributed by atoms with Crippen molar-refractivity contribution in [1.29, 1.82) is 0 Å². The quantitative estimate of drug-likeness (QED) is 0.485. The van der Waals surface area contributed by atoms with Crippen LogP contribution in [-0.4, -0.2) is 11.0 Å². The molecule has 0 bridgehead atoms. The second-order valence-electron chi connectivity index (χ2n) is 4.82. The van der Waals surface area contributed by atoms with Crippen LogP contribution in [0.15, 0.2) is 53.4 Å². The Bertz CT molecular complexity index is 660. The second kappa shape index (κ2) is 5.17. The topological polar surface area (TPSA) is 46.4 Å². The van der Waals surface area contributed by atoms with E-state index in [1.165, 1.54) is 17.5 Å². The van der Waals surface area contributed by atoms with Crippen molar-refractivity contribution >= 4 is 23.3 Å². The van der Waals surface area contributed by atoms with Crippen LogP contribution in [0.25, 0.3) is 0 Å². The summed E-state index contributed by atoms with van der Waals surface area (Å²) in [5.41, 5.74) is 2.61.